The molecule has 14 heteroatoms. The molecule has 0 aliphatic heterocycles. The summed E-state index contributed by atoms with van der Waals surface area (Å²) >= 11 is 1.38. The van der Waals surface area contributed by atoms with Crippen molar-refractivity contribution >= 4 is 41.4 Å². The van der Waals surface area contributed by atoms with Crippen molar-refractivity contribution < 1.29 is 39.3 Å². The van der Waals surface area contributed by atoms with Gasteiger partial charge >= 0.3 is 5.97 Å². The van der Waals surface area contributed by atoms with Crippen LogP contribution in [0.5, 0.6) is 0 Å². The maximum absolute atomic E-state index is 12.6. The van der Waals surface area contributed by atoms with Crippen LogP contribution in [0, 0.1) is 0 Å². The van der Waals surface area contributed by atoms with Gasteiger partial charge in [-0.05, 0) is 25.4 Å². The van der Waals surface area contributed by atoms with Gasteiger partial charge in [0.25, 0.3) is 0 Å². The lowest BCUT2D eigenvalue weighted by Gasteiger charge is -2.26. The second-order valence-electron chi connectivity index (χ2n) is 6.43. The van der Waals surface area contributed by atoms with E-state index in [2.05, 4.69) is 10.6 Å². The third-order valence-corrected chi connectivity index (χ3v) is 4.51. The number of carbonyl (C=O) groups is 5. The molecule has 0 saturated heterocycles. The number of hydrogen-bond donors (Lipinski definition) is 8. The number of carboxylic acid groups (broad SMARTS) is 1. The first-order valence-electron chi connectivity index (χ1n) is 8.90. The van der Waals surface area contributed by atoms with Gasteiger partial charge in [-0.3, -0.25) is 19.2 Å². The molecule has 0 radical (unpaired) electrons. The standard InChI is InChI=1S/C16H29N5O8S/c1-7(23)12(15(27)20-10(6-22)16(28)29)21-14(26)9(3-4-30-2)19-13(25)8(17)5-11(18)24/h7-10,12,22-23H,3-6,17H2,1-2H3,(H2,18,24)(H,19,25)(H,20,27)(H,21,26)(H,28,29). The van der Waals surface area contributed by atoms with E-state index in [4.69, 9.17) is 21.7 Å². The van der Waals surface area contributed by atoms with E-state index < -0.39 is 72.9 Å². The van der Waals surface area contributed by atoms with Gasteiger partial charge in [0.2, 0.25) is 23.6 Å². The van der Waals surface area contributed by atoms with Crippen molar-refractivity contribution in [2.75, 3.05) is 18.6 Å². The number of aliphatic hydroxyl groups is 2. The molecule has 30 heavy (non-hydrogen) atoms. The van der Waals surface area contributed by atoms with Crippen molar-refractivity contribution in [2.24, 2.45) is 11.5 Å². The third-order valence-electron chi connectivity index (χ3n) is 3.86. The highest BCUT2D eigenvalue weighted by Gasteiger charge is 2.32. The molecule has 0 spiro atoms. The van der Waals surface area contributed by atoms with Crippen LogP contribution >= 0.6 is 11.8 Å². The molecule has 0 aromatic heterocycles. The number of primary amides is 1. The Morgan fingerprint density at radius 3 is 2.00 bits per heavy atom. The molecule has 172 valence electrons. The average Bonchev–Trinajstić information content (AvgIpc) is 2.65. The quantitative estimate of drug-likeness (QED) is 0.127. The fourth-order valence-electron chi connectivity index (χ4n) is 2.20. The zero-order valence-electron chi connectivity index (χ0n) is 16.7. The third kappa shape index (κ3) is 9.87. The molecule has 0 fully saturated rings. The maximum Gasteiger partial charge on any atom is 0.328 e. The number of amides is 4. The number of aliphatic hydroxyl groups excluding tert-OH is 2. The molecular formula is C16H29N5O8S. The van der Waals surface area contributed by atoms with Gasteiger partial charge < -0.3 is 42.7 Å². The summed E-state index contributed by atoms with van der Waals surface area (Å²) in [5, 5.41) is 34.3. The summed E-state index contributed by atoms with van der Waals surface area (Å²) in [5.41, 5.74) is 10.6. The highest BCUT2D eigenvalue weighted by atomic mass is 32.2. The minimum Gasteiger partial charge on any atom is -0.480 e. The topological polar surface area (TPSA) is 234 Å². The molecule has 0 aromatic rings. The van der Waals surface area contributed by atoms with Gasteiger partial charge in [-0.2, -0.15) is 11.8 Å². The molecule has 13 nitrogen and oxygen atoms in total. The summed E-state index contributed by atoms with van der Waals surface area (Å²) in [4.78, 5) is 58.8. The van der Waals surface area contributed by atoms with Gasteiger partial charge in [0, 0.05) is 0 Å². The van der Waals surface area contributed by atoms with Gasteiger partial charge in [-0.15, -0.1) is 0 Å². The first-order valence-corrected chi connectivity index (χ1v) is 10.3. The molecule has 0 bridgehead atoms. The Morgan fingerprint density at radius 2 is 1.57 bits per heavy atom. The van der Waals surface area contributed by atoms with E-state index in [0.29, 0.717) is 5.75 Å². The first-order chi connectivity index (χ1) is 13.9. The Hall–Kier alpha value is -2.42. The van der Waals surface area contributed by atoms with Crippen molar-refractivity contribution in [1.29, 1.82) is 0 Å². The SMILES string of the molecule is CSCCC(NC(=O)C(N)CC(N)=O)C(=O)NC(C(=O)NC(CO)C(=O)O)C(C)O. The molecule has 5 atom stereocenters. The van der Waals surface area contributed by atoms with Gasteiger partial charge in [0.1, 0.15) is 18.1 Å². The van der Waals surface area contributed by atoms with Crippen molar-refractivity contribution in [3.63, 3.8) is 0 Å². The predicted molar refractivity (Wildman–Crippen MR) is 107 cm³/mol. The van der Waals surface area contributed by atoms with Crippen LogP contribution in [0.1, 0.15) is 19.8 Å². The predicted octanol–water partition coefficient (Wildman–Crippen LogP) is -4.15. The summed E-state index contributed by atoms with van der Waals surface area (Å²) in [6.07, 6.45) is 0.0582. The number of carbonyl (C=O) groups excluding carboxylic acids is 4. The molecule has 0 aromatic carbocycles. The smallest absolute Gasteiger partial charge is 0.328 e. The van der Waals surface area contributed by atoms with Crippen LogP contribution in [0.2, 0.25) is 0 Å². The van der Waals surface area contributed by atoms with E-state index >= 15 is 0 Å². The van der Waals surface area contributed by atoms with E-state index in [1.807, 2.05) is 5.32 Å². The minimum absolute atomic E-state index is 0.143. The van der Waals surface area contributed by atoms with Gasteiger partial charge in [0.15, 0.2) is 0 Å². The number of hydrogen-bond acceptors (Lipinski definition) is 9. The Labute approximate surface area is 177 Å². The summed E-state index contributed by atoms with van der Waals surface area (Å²) in [5.74, 6) is -4.54. The van der Waals surface area contributed by atoms with Crippen molar-refractivity contribution in [3.05, 3.63) is 0 Å². The maximum atomic E-state index is 12.6. The molecule has 5 unspecified atom stereocenters. The van der Waals surface area contributed by atoms with Gasteiger partial charge in [0.05, 0.1) is 25.2 Å². The molecule has 0 heterocycles. The number of thioether (sulfide) groups is 1. The second-order valence-corrected chi connectivity index (χ2v) is 7.41. The molecule has 0 aliphatic carbocycles. The summed E-state index contributed by atoms with van der Waals surface area (Å²) < 4.78 is 0. The fraction of sp³-hybridized carbons (Fsp3) is 0.688. The highest BCUT2D eigenvalue weighted by molar-refractivity contribution is 7.98. The van der Waals surface area contributed by atoms with E-state index in [0.717, 1.165) is 0 Å². The minimum atomic E-state index is -1.63. The van der Waals surface area contributed by atoms with Crippen LogP contribution in [-0.2, 0) is 24.0 Å². The van der Waals surface area contributed by atoms with Crippen LogP contribution in [-0.4, -0.2) is 93.8 Å². The molecule has 0 saturated carbocycles. The largest absolute Gasteiger partial charge is 0.480 e. The van der Waals surface area contributed by atoms with Crippen molar-refractivity contribution in [2.45, 2.75) is 50.0 Å². The first kappa shape index (κ1) is 27.6. The Morgan fingerprint density at radius 1 is 1.00 bits per heavy atom. The molecule has 10 N–H and O–H groups in total. The molecule has 4 amide bonds. The number of carboxylic acids is 1. The lowest BCUT2D eigenvalue weighted by atomic mass is 10.1. The van der Waals surface area contributed by atoms with Crippen LogP contribution in [0.3, 0.4) is 0 Å². The molecule has 0 aliphatic rings. The zero-order valence-corrected chi connectivity index (χ0v) is 17.5. The number of nitrogens with two attached hydrogens (primary N) is 2. The zero-order chi connectivity index (χ0) is 23.4. The Bertz CT molecular complexity index is 633. The summed E-state index contributed by atoms with van der Waals surface area (Å²) in [7, 11) is 0. The molecular weight excluding hydrogens is 422 g/mol. The van der Waals surface area contributed by atoms with E-state index in [9.17, 15) is 29.1 Å². The number of aliphatic carboxylic acids is 1. The Kier molecular flexibility index (Phi) is 12.6. The van der Waals surface area contributed by atoms with E-state index in [1.54, 1.807) is 6.26 Å². The van der Waals surface area contributed by atoms with Crippen LogP contribution in [0.15, 0.2) is 0 Å². The lowest BCUT2D eigenvalue weighted by molar-refractivity contribution is -0.144. The van der Waals surface area contributed by atoms with Crippen LogP contribution in [0.25, 0.3) is 0 Å². The van der Waals surface area contributed by atoms with E-state index in [-0.39, 0.29) is 6.42 Å². The van der Waals surface area contributed by atoms with Crippen LogP contribution in [0.4, 0.5) is 0 Å². The van der Waals surface area contributed by atoms with E-state index in [1.165, 1.54) is 18.7 Å². The van der Waals surface area contributed by atoms with Crippen molar-refractivity contribution in [1.82, 2.24) is 16.0 Å². The van der Waals surface area contributed by atoms with Gasteiger partial charge in [-0.1, -0.05) is 0 Å². The van der Waals surface area contributed by atoms with Gasteiger partial charge in [-0.25, -0.2) is 4.79 Å². The monoisotopic (exact) mass is 451 g/mol. The summed E-state index contributed by atoms with van der Waals surface area (Å²) in [6, 6.07) is -5.61. The number of nitrogens with one attached hydrogen (secondary N) is 3. The fourth-order valence-corrected chi connectivity index (χ4v) is 2.67. The van der Waals surface area contributed by atoms with Crippen molar-refractivity contribution in [3.8, 4) is 0 Å². The lowest BCUT2D eigenvalue weighted by Crippen LogP contribution is -2.60. The molecule has 0 rings (SSSR count). The second kappa shape index (κ2) is 13.7. The Balaban J connectivity index is 5.30. The highest BCUT2D eigenvalue weighted by Crippen LogP contribution is 2.04. The van der Waals surface area contributed by atoms with Crippen LogP contribution < -0.4 is 27.4 Å². The number of rotatable bonds is 14. The summed E-state index contributed by atoms with van der Waals surface area (Å²) in [6.45, 7) is 0.295. The average molecular weight is 452 g/mol. The normalized spacial score (nSPS) is 15.8.